The second-order valence-electron chi connectivity index (χ2n) is 4.77. The predicted octanol–water partition coefficient (Wildman–Crippen LogP) is 1.13. The topological polar surface area (TPSA) is 46.2 Å². The van der Waals surface area contributed by atoms with E-state index in [1.165, 1.54) is 0 Å². The lowest BCUT2D eigenvalue weighted by Crippen LogP contribution is -2.28. The van der Waals surface area contributed by atoms with Crippen LogP contribution in [0.5, 0.6) is 0 Å². The molecule has 1 rings (SSSR count). The Bertz CT molecular complexity index is 129. The average molecular weight is 157 g/mol. The molecule has 11 heavy (non-hydrogen) atoms. The number of hydrogen-bond acceptors (Lipinski definition) is 2. The van der Waals surface area contributed by atoms with Crippen molar-refractivity contribution in [2.45, 2.75) is 45.8 Å². The third kappa shape index (κ3) is 1.94. The van der Waals surface area contributed by atoms with Crippen LogP contribution in [0.2, 0.25) is 0 Å². The molecule has 1 aliphatic rings. The summed E-state index contributed by atoms with van der Waals surface area (Å²) in [5.41, 5.74) is 6.02. The molecule has 2 heteroatoms. The Balaban J connectivity index is 2.54. The minimum absolute atomic E-state index is 0.0132. The normalized spacial score (nSPS) is 39.5. The molecular weight excluding hydrogens is 138 g/mol. The monoisotopic (exact) mass is 157 g/mol. The molecule has 66 valence electrons. The van der Waals surface area contributed by atoms with Crippen molar-refractivity contribution in [3.63, 3.8) is 0 Å². The highest BCUT2D eigenvalue weighted by Crippen LogP contribution is 2.38. The van der Waals surface area contributed by atoms with Gasteiger partial charge in [0, 0.05) is 6.04 Å². The van der Waals surface area contributed by atoms with Crippen molar-refractivity contribution in [2.75, 3.05) is 0 Å². The van der Waals surface area contributed by atoms with E-state index in [-0.39, 0.29) is 12.1 Å². The zero-order valence-corrected chi connectivity index (χ0v) is 7.67. The van der Waals surface area contributed by atoms with E-state index in [4.69, 9.17) is 5.73 Å². The second kappa shape index (κ2) is 2.76. The summed E-state index contributed by atoms with van der Waals surface area (Å²) in [5, 5.41) is 9.41. The first kappa shape index (κ1) is 9.01. The molecule has 0 aliphatic heterocycles. The van der Waals surface area contributed by atoms with Crippen LogP contribution in [0.1, 0.15) is 33.6 Å². The van der Waals surface area contributed by atoms with Gasteiger partial charge in [-0.25, -0.2) is 0 Å². The van der Waals surface area contributed by atoms with Gasteiger partial charge in [0.05, 0.1) is 6.10 Å². The van der Waals surface area contributed by atoms with Crippen molar-refractivity contribution in [3.8, 4) is 0 Å². The van der Waals surface area contributed by atoms with Crippen LogP contribution in [-0.4, -0.2) is 17.3 Å². The molecule has 0 aromatic rings. The van der Waals surface area contributed by atoms with Gasteiger partial charge in [-0.3, -0.25) is 0 Å². The van der Waals surface area contributed by atoms with Gasteiger partial charge in [0.25, 0.3) is 0 Å². The summed E-state index contributed by atoms with van der Waals surface area (Å²) in [6.07, 6.45) is 1.59. The largest absolute Gasteiger partial charge is 0.392 e. The molecule has 1 fully saturated rings. The number of hydrogen-bond donors (Lipinski definition) is 2. The summed E-state index contributed by atoms with van der Waals surface area (Å²) in [7, 11) is 0. The van der Waals surface area contributed by atoms with Crippen molar-refractivity contribution in [1.29, 1.82) is 0 Å². The zero-order valence-electron chi connectivity index (χ0n) is 7.67. The third-order valence-electron chi connectivity index (χ3n) is 2.80. The molecule has 1 saturated carbocycles. The summed E-state index contributed by atoms with van der Waals surface area (Å²) in [6, 6.07) is 0.0132. The highest BCUT2D eigenvalue weighted by atomic mass is 16.3. The van der Waals surface area contributed by atoms with Gasteiger partial charge in [-0.2, -0.15) is 0 Å². The average Bonchev–Trinajstić information content (AvgIpc) is 2.11. The van der Waals surface area contributed by atoms with Crippen molar-refractivity contribution in [1.82, 2.24) is 0 Å². The van der Waals surface area contributed by atoms with Crippen molar-refractivity contribution >= 4 is 0 Å². The fourth-order valence-corrected chi connectivity index (χ4v) is 1.76. The number of nitrogens with two attached hydrogens (primary N) is 1. The Morgan fingerprint density at radius 1 is 1.27 bits per heavy atom. The molecule has 3 atom stereocenters. The van der Waals surface area contributed by atoms with Gasteiger partial charge in [0.2, 0.25) is 0 Å². The summed E-state index contributed by atoms with van der Waals surface area (Å²) < 4.78 is 0. The predicted molar refractivity (Wildman–Crippen MR) is 46.2 cm³/mol. The maximum atomic E-state index is 9.41. The van der Waals surface area contributed by atoms with Gasteiger partial charge in [0.15, 0.2) is 0 Å². The SMILES string of the molecule is CC(C)(C)[C@H]1C[C@@H](O)[C@@H](N)C1. The van der Waals surface area contributed by atoms with Crippen molar-refractivity contribution in [3.05, 3.63) is 0 Å². The lowest BCUT2D eigenvalue weighted by atomic mass is 9.79. The Morgan fingerprint density at radius 2 is 1.82 bits per heavy atom. The molecule has 0 heterocycles. The molecule has 0 spiro atoms. The smallest absolute Gasteiger partial charge is 0.0694 e. The van der Waals surface area contributed by atoms with Crippen LogP contribution >= 0.6 is 0 Å². The second-order valence-corrected chi connectivity index (χ2v) is 4.77. The van der Waals surface area contributed by atoms with Crippen LogP contribution in [0.4, 0.5) is 0 Å². The lowest BCUT2D eigenvalue weighted by molar-refractivity contribution is 0.148. The van der Waals surface area contributed by atoms with Gasteiger partial charge < -0.3 is 10.8 Å². The Labute approximate surface area is 68.8 Å². The Hall–Kier alpha value is -0.0800. The quantitative estimate of drug-likeness (QED) is 0.553. The first-order chi connectivity index (χ1) is 4.91. The molecule has 0 saturated heterocycles. The highest BCUT2D eigenvalue weighted by molar-refractivity contribution is 4.90. The Morgan fingerprint density at radius 3 is 2.00 bits per heavy atom. The van der Waals surface area contributed by atoms with Gasteiger partial charge >= 0.3 is 0 Å². The molecular formula is C9H19NO. The summed E-state index contributed by atoms with van der Waals surface area (Å²) in [4.78, 5) is 0. The van der Waals surface area contributed by atoms with E-state index >= 15 is 0 Å². The van der Waals surface area contributed by atoms with E-state index in [1.54, 1.807) is 0 Å². The molecule has 1 aliphatic carbocycles. The summed E-state index contributed by atoms with van der Waals surface area (Å²) >= 11 is 0. The fourth-order valence-electron chi connectivity index (χ4n) is 1.76. The number of aliphatic hydroxyl groups excluding tert-OH is 1. The first-order valence-electron chi connectivity index (χ1n) is 4.35. The van der Waals surface area contributed by atoms with E-state index in [1.807, 2.05) is 0 Å². The maximum Gasteiger partial charge on any atom is 0.0694 e. The Kier molecular flexibility index (Phi) is 2.26. The highest BCUT2D eigenvalue weighted by Gasteiger charge is 2.36. The third-order valence-corrected chi connectivity index (χ3v) is 2.80. The fraction of sp³-hybridized carbons (Fsp3) is 1.00. The molecule has 0 aromatic heterocycles. The molecule has 0 radical (unpaired) electrons. The van der Waals surface area contributed by atoms with Crippen LogP contribution < -0.4 is 5.73 Å². The molecule has 0 amide bonds. The molecule has 2 nitrogen and oxygen atoms in total. The molecule has 0 bridgehead atoms. The van der Waals surface area contributed by atoms with Crippen LogP contribution in [0, 0.1) is 11.3 Å². The van der Waals surface area contributed by atoms with Crippen molar-refractivity contribution in [2.24, 2.45) is 17.1 Å². The minimum atomic E-state index is -0.265. The van der Waals surface area contributed by atoms with Crippen molar-refractivity contribution < 1.29 is 5.11 Å². The van der Waals surface area contributed by atoms with Gasteiger partial charge in [-0.15, -0.1) is 0 Å². The van der Waals surface area contributed by atoms with Gasteiger partial charge in [0.1, 0.15) is 0 Å². The lowest BCUT2D eigenvalue weighted by Gasteiger charge is -2.26. The van der Waals surface area contributed by atoms with Gasteiger partial charge in [-0.05, 0) is 24.2 Å². The zero-order chi connectivity index (χ0) is 8.65. The van der Waals surface area contributed by atoms with E-state index in [9.17, 15) is 5.11 Å². The van der Waals surface area contributed by atoms with E-state index < -0.39 is 0 Å². The van der Waals surface area contributed by atoms with Crippen LogP contribution in [0.15, 0.2) is 0 Å². The minimum Gasteiger partial charge on any atom is -0.392 e. The molecule has 0 unspecified atom stereocenters. The first-order valence-corrected chi connectivity index (χ1v) is 4.35. The number of rotatable bonds is 0. The summed E-state index contributed by atoms with van der Waals surface area (Å²) in [5.74, 6) is 0.590. The van der Waals surface area contributed by atoms with E-state index in [0.717, 1.165) is 12.8 Å². The maximum absolute atomic E-state index is 9.41. The standard InChI is InChI=1S/C9H19NO/c1-9(2,3)6-4-7(10)8(11)5-6/h6-8,11H,4-5,10H2,1-3H3/t6-,7+,8-/m1/s1. The van der Waals surface area contributed by atoms with Crippen LogP contribution in [0.3, 0.4) is 0 Å². The molecule has 3 N–H and O–H groups in total. The van der Waals surface area contributed by atoms with E-state index in [0.29, 0.717) is 11.3 Å². The van der Waals surface area contributed by atoms with Crippen LogP contribution in [0.25, 0.3) is 0 Å². The summed E-state index contributed by atoms with van der Waals surface area (Å²) in [6.45, 7) is 6.63. The molecule has 0 aromatic carbocycles. The van der Waals surface area contributed by atoms with Gasteiger partial charge in [-0.1, -0.05) is 20.8 Å². The van der Waals surface area contributed by atoms with Crippen LogP contribution in [-0.2, 0) is 0 Å². The number of aliphatic hydroxyl groups is 1. The van der Waals surface area contributed by atoms with E-state index in [2.05, 4.69) is 20.8 Å².